The van der Waals surface area contributed by atoms with Crippen LogP contribution in [0.1, 0.15) is 50.5 Å². The normalized spacial score (nSPS) is 13.1. The topological polar surface area (TPSA) is 38.1 Å². The van der Waals surface area contributed by atoms with Gasteiger partial charge in [0, 0.05) is 6.04 Å². The van der Waals surface area contributed by atoms with Crippen molar-refractivity contribution in [1.29, 1.82) is 0 Å². The van der Waals surface area contributed by atoms with Gasteiger partial charge in [-0.3, -0.25) is 0 Å². The highest BCUT2D eigenvalue weighted by Crippen LogP contribution is 2.08. The largest absolute Gasteiger partial charge is 0.444 e. The minimum Gasteiger partial charge on any atom is -0.444 e. The van der Waals surface area contributed by atoms with Crippen LogP contribution in [0.5, 0.6) is 0 Å². The molecule has 3 heteroatoms. The quantitative estimate of drug-likeness (QED) is 0.784. The summed E-state index contributed by atoms with van der Waals surface area (Å²) in [5, 5.41) is 3.42. The lowest BCUT2D eigenvalue weighted by Gasteiger charge is -2.11. The van der Waals surface area contributed by atoms with Crippen LogP contribution in [0.4, 0.5) is 0 Å². The van der Waals surface area contributed by atoms with Gasteiger partial charge in [-0.05, 0) is 27.2 Å². The predicted octanol–water partition coefficient (Wildman–Crippen LogP) is 2.96. The maximum absolute atomic E-state index is 5.50. The summed E-state index contributed by atoms with van der Waals surface area (Å²) in [6, 6.07) is 0.539. The van der Waals surface area contributed by atoms with Crippen LogP contribution in [0.15, 0.2) is 4.42 Å². The van der Waals surface area contributed by atoms with E-state index < -0.39 is 0 Å². The first kappa shape index (κ1) is 12.2. The number of rotatable bonds is 6. The lowest BCUT2D eigenvalue weighted by molar-refractivity contribution is 0.416. The molecular weight excluding hydrogens is 188 g/mol. The predicted molar refractivity (Wildman–Crippen MR) is 61.8 cm³/mol. The summed E-state index contributed by atoms with van der Waals surface area (Å²) in [6.07, 6.45) is 3.75. The second-order valence-corrected chi connectivity index (χ2v) is 4.17. The standard InChI is InChI=1S/C12H22N2O/c1-5-6-7-9(2)13-8-12-14-10(3)11(4)15-12/h9,13H,5-8H2,1-4H3. The van der Waals surface area contributed by atoms with Crippen molar-refractivity contribution in [1.82, 2.24) is 10.3 Å². The van der Waals surface area contributed by atoms with Gasteiger partial charge in [-0.25, -0.2) is 4.98 Å². The van der Waals surface area contributed by atoms with Crippen LogP contribution >= 0.6 is 0 Å². The fourth-order valence-electron chi connectivity index (χ4n) is 1.49. The number of hydrogen-bond donors (Lipinski definition) is 1. The number of oxazole rings is 1. The molecule has 15 heavy (non-hydrogen) atoms. The molecule has 0 radical (unpaired) electrons. The van der Waals surface area contributed by atoms with Crippen LogP contribution < -0.4 is 5.32 Å². The van der Waals surface area contributed by atoms with Gasteiger partial charge in [-0.2, -0.15) is 0 Å². The molecule has 1 atom stereocenters. The van der Waals surface area contributed by atoms with Crippen molar-refractivity contribution < 1.29 is 4.42 Å². The second-order valence-electron chi connectivity index (χ2n) is 4.17. The second kappa shape index (κ2) is 5.91. The Morgan fingerprint density at radius 2 is 2.13 bits per heavy atom. The molecule has 0 saturated carbocycles. The Morgan fingerprint density at radius 1 is 1.40 bits per heavy atom. The SMILES string of the molecule is CCCCC(C)NCc1nc(C)c(C)o1. The molecule has 1 rings (SSSR count). The first-order chi connectivity index (χ1) is 7.13. The van der Waals surface area contributed by atoms with Crippen LogP contribution in [0, 0.1) is 13.8 Å². The van der Waals surface area contributed by atoms with Crippen LogP contribution in [0.2, 0.25) is 0 Å². The Labute approximate surface area is 92.3 Å². The third-order valence-corrected chi connectivity index (χ3v) is 2.67. The summed E-state index contributed by atoms with van der Waals surface area (Å²) in [4.78, 5) is 4.33. The average Bonchev–Trinajstić information content (AvgIpc) is 2.52. The Hall–Kier alpha value is -0.830. The van der Waals surface area contributed by atoms with Crippen molar-refractivity contribution in [3.05, 3.63) is 17.3 Å². The van der Waals surface area contributed by atoms with Gasteiger partial charge in [0.05, 0.1) is 12.2 Å². The Kier molecular flexibility index (Phi) is 4.82. The molecule has 0 saturated heterocycles. The first-order valence-electron chi connectivity index (χ1n) is 5.79. The monoisotopic (exact) mass is 210 g/mol. The lowest BCUT2D eigenvalue weighted by atomic mass is 10.1. The molecule has 1 aromatic rings. The highest BCUT2D eigenvalue weighted by molar-refractivity contribution is 5.05. The number of aromatic nitrogens is 1. The van der Waals surface area contributed by atoms with E-state index >= 15 is 0 Å². The summed E-state index contributed by atoms with van der Waals surface area (Å²) in [6.45, 7) is 9.08. The van der Waals surface area contributed by atoms with Gasteiger partial charge in [0.2, 0.25) is 5.89 Å². The minimum absolute atomic E-state index is 0.539. The van der Waals surface area contributed by atoms with E-state index in [1.54, 1.807) is 0 Å². The highest BCUT2D eigenvalue weighted by atomic mass is 16.4. The molecule has 86 valence electrons. The lowest BCUT2D eigenvalue weighted by Crippen LogP contribution is -2.25. The van der Waals surface area contributed by atoms with Gasteiger partial charge in [0.25, 0.3) is 0 Å². The van der Waals surface area contributed by atoms with E-state index in [2.05, 4.69) is 24.1 Å². The van der Waals surface area contributed by atoms with Crippen LogP contribution in [0.3, 0.4) is 0 Å². The molecule has 0 aliphatic rings. The summed E-state index contributed by atoms with van der Waals surface area (Å²) in [7, 11) is 0. The van der Waals surface area contributed by atoms with Crippen molar-refractivity contribution >= 4 is 0 Å². The molecule has 0 fully saturated rings. The van der Waals surface area contributed by atoms with Gasteiger partial charge in [-0.1, -0.05) is 19.8 Å². The highest BCUT2D eigenvalue weighted by Gasteiger charge is 2.06. The van der Waals surface area contributed by atoms with Crippen molar-refractivity contribution in [3.63, 3.8) is 0 Å². The molecule has 0 aliphatic carbocycles. The van der Waals surface area contributed by atoms with Gasteiger partial charge >= 0.3 is 0 Å². The molecule has 1 unspecified atom stereocenters. The summed E-state index contributed by atoms with van der Waals surface area (Å²) < 4.78 is 5.50. The zero-order valence-corrected chi connectivity index (χ0v) is 10.3. The number of unbranched alkanes of at least 4 members (excludes halogenated alkanes) is 1. The molecular formula is C12H22N2O. The van der Waals surface area contributed by atoms with Crippen LogP contribution in [-0.2, 0) is 6.54 Å². The van der Waals surface area contributed by atoms with E-state index in [9.17, 15) is 0 Å². The van der Waals surface area contributed by atoms with E-state index in [0.29, 0.717) is 6.04 Å². The molecule has 0 spiro atoms. The zero-order chi connectivity index (χ0) is 11.3. The third-order valence-electron chi connectivity index (χ3n) is 2.67. The van der Waals surface area contributed by atoms with Gasteiger partial charge < -0.3 is 9.73 Å². The number of nitrogens with zero attached hydrogens (tertiary/aromatic N) is 1. The summed E-state index contributed by atoms with van der Waals surface area (Å²) in [5.74, 6) is 1.72. The smallest absolute Gasteiger partial charge is 0.208 e. The molecule has 0 aliphatic heterocycles. The van der Waals surface area contributed by atoms with Gasteiger partial charge in [0.1, 0.15) is 5.76 Å². The fourth-order valence-corrected chi connectivity index (χ4v) is 1.49. The molecule has 0 aromatic carbocycles. The molecule has 1 N–H and O–H groups in total. The van der Waals surface area contributed by atoms with Crippen molar-refractivity contribution in [2.75, 3.05) is 0 Å². The van der Waals surface area contributed by atoms with Crippen molar-refractivity contribution in [2.24, 2.45) is 0 Å². The van der Waals surface area contributed by atoms with E-state index in [-0.39, 0.29) is 0 Å². The minimum atomic E-state index is 0.539. The van der Waals surface area contributed by atoms with Gasteiger partial charge in [0.15, 0.2) is 0 Å². The third kappa shape index (κ3) is 4.04. The average molecular weight is 210 g/mol. The van der Waals surface area contributed by atoms with E-state index in [0.717, 1.165) is 23.9 Å². The van der Waals surface area contributed by atoms with E-state index in [4.69, 9.17) is 4.42 Å². The van der Waals surface area contributed by atoms with Crippen molar-refractivity contribution in [2.45, 2.75) is 59.5 Å². The van der Waals surface area contributed by atoms with Crippen LogP contribution in [-0.4, -0.2) is 11.0 Å². The zero-order valence-electron chi connectivity index (χ0n) is 10.3. The van der Waals surface area contributed by atoms with Gasteiger partial charge in [-0.15, -0.1) is 0 Å². The molecule has 0 amide bonds. The molecule has 3 nitrogen and oxygen atoms in total. The number of aryl methyl sites for hydroxylation is 2. The first-order valence-corrected chi connectivity index (χ1v) is 5.79. The Morgan fingerprint density at radius 3 is 2.67 bits per heavy atom. The van der Waals surface area contributed by atoms with E-state index in [1.807, 2.05) is 13.8 Å². The maximum atomic E-state index is 5.50. The Balaban J connectivity index is 2.30. The Bertz CT molecular complexity index is 274. The van der Waals surface area contributed by atoms with Crippen LogP contribution in [0.25, 0.3) is 0 Å². The number of nitrogens with one attached hydrogen (secondary N) is 1. The van der Waals surface area contributed by atoms with E-state index in [1.165, 1.54) is 19.3 Å². The fraction of sp³-hybridized carbons (Fsp3) is 0.750. The maximum Gasteiger partial charge on any atom is 0.208 e. The van der Waals surface area contributed by atoms with Crippen molar-refractivity contribution in [3.8, 4) is 0 Å². The molecule has 0 bridgehead atoms. The summed E-state index contributed by atoms with van der Waals surface area (Å²) in [5.41, 5.74) is 0.994. The summed E-state index contributed by atoms with van der Waals surface area (Å²) >= 11 is 0. The molecule has 1 heterocycles. The molecule has 1 aromatic heterocycles. The number of hydrogen-bond acceptors (Lipinski definition) is 3.